The summed E-state index contributed by atoms with van der Waals surface area (Å²) >= 11 is 0. The number of carbonyl (C=O) groups is 3. The van der Waals surface area contributed by atoms with Gasteiger partial charge in [0.05, 0.1) is 32.8 Å². The molecule has 0 bridgehead atoms. The average molecular weight is 685 g/mol. The molecule has 0 heterocycles. The largest absolute Gasteiger partial charge is 0.506 e. The van der Waals surface area contributed by atoms with Crippen LogP contribution in [0.2, 0.25) is 0 Å². The predicted molar refractivity (Wildman–Crippen MR) is 192 cm³/mol. The molecule has 12 heteroatoms. The number of aromatic hydroxyl groups is 3. The zero-order valence-corrected chi connectivity index (χ0v) is 27.7. The Balaban J connectivity index is 2.01. The Labute approximate surface area is 283 Å². The maximum Gasteiger partial charge on any atom is 0.199 e. The quantitative estimate of drug-likeness (QED) is 0.138. The first-order valence-corrected chi connectivity index (χ1v) is 15.5. The number of hydrogen-bond donors (Lipinski definition) is 3. The number of phenolic OH excluding ortho intramolecular Hbond substituents is 3. The first kappa shape index (κ1) is 32.8. The molecule has 0 aliphatic carbocycles. The Bertz CT molecular complexity index is 3290. The van der Waals surface area contributed by atoms with Crippen LogP contribution in [-0.4, -0.2) is 32.7 Å². The minimum Gasteiger partial charge on any atom is -0.506 e. The molecule has 7 aromatic rings. The van der Waals surface area contributed by atoms with Crippen LogP contribution in [-0.2, 0) is 0 Å². The van der Waals surface area contributed by atoms with Crippen LogP contribution >= 0.6 is 0 Å². The molecule has 0 radical (unpaired) electrons. The van der Waals surface area contributed by atoms with Gasteiger partial charge in [0.1, 0.15) is 17.2 Å². The van der Waals surface area contributed by atoms with E-state index < -0.39 is 132 Å². The summed E-state index contributed by atoms with van der Waals surface area (Å²) in [6, 6.07) is 3.44. The normalized spacial score (nSPS) is 11.9. The van der Waals surface area contributed by atoms with Crippen molar-refractivity contribution in [3.8, 4) is 17.2 Å². The molecule has 0 fully saturated rings. The number of rotatable bonds is 3. The van der Waals surface area contributed by atoms with Crippen molar-refractivity contribution < 1.29 is 29.7 Å². The number of aryl methyl sites for hydroxylation is 3. The number of phenols is 3. The van der Waals surface area contributed by atoms with Crippen molar-refractivity contribution in [1.82, 2.24) is 0 Å². The molecule has 0 aliphatic heterocycles. The third kappa shape index (κ3) is 3.92. The lowest BCUT2D eigenvalue weighted by atomic mass is 9.85. The number of fused-ring (bicyclic) bond motifs is 9. The molecule has 252 valence electrons. The highest BCUT2D eigenvalue weighted by atomic mass is 16.3. The topological polar surface area (TPSA) is 214 Å². The number of hydrogen-bond acceptors (Lipinski definition) is 12. The Kier molecular flexibility index (Phi) is 6.70. The van der Waals surface area contributed by atoms with E-state index in [9.17, 15) is 58.5 Å². The minimum absolute atomic E-state index is 0.0828. The van der Waals surface area contributed by atoms with Crippen molar-refractivity contribution in [3.63, 3.8) is 0 Å². The van der Waals surface area contributed by atoms with E-state index in [1.54, 1.807) is 0 Å². The number of benzene rings is 7. The Morgan fingerprint density at radius 1 is 0.373 bits per heavy atom. The second-order valence-electron chi connectivity index (χ2n) is 12.9. The molecule has 51 heavy (non-hydrogen) atoms. The smallest absolute Gasteiger partial charge is 0.199 e. The van der Waals surface area contributed by atoms with Crippen LogP contribution in [0, 0.1) is 20.8 Å². The van der Waals surface area contributed by atoms with Crippen molar-refractivity contribution >= 4 is 82.0 Å². The average Bonchev–Trinajstić information content (AvgIpc) is 3.02. The molecule has 0 amide bonds. The van der Waals surface area contributed by atoms with E-state index in [-0.39, 0.29) is 33.4 Å². The van der Waals surface area contributed by atoms with Gasteiger partial charge in [0, 0.05) is 48.5 Å². The molecular formula is C39H24O12. The lowest BCUT2D eigenvalue weighted by Gasteiger charge is -2.15. The summed E-state index contributed by atoms with van der Waals surface area (Å²) in [6.07, 6.45) is 0. The van der Waals surface area contributed by atoms with Crippen molar-refractivity contribution in [2.45, 2.75) is 41.5 Å². The van der Waals surface area contributed by atoms with E-state index in [1.165, 1.54) is 20.8 Å². The molecule has 0 saturated heterocycles. The van der Waals surface area contributed by atoms with Crippen molar-refractivity contribution in [1.29, 1.82) is 0 Å². The van der Waals surface area contributed by atoms with Crippen molar-refractivity contribution in [3.05, 3.63) is 113 Å². The SMILES string of the molecule is CC(=O)c1c(C)cc2c(=O)c3c4c(=O)c5cc(C)c(C(C)=O)c(O)c5c(=O)c4c4c(=O)c5c(O)c(C(C)=O)c(C)cc5c(=O)c4c3c(=O)c2c1O. The first-order chi connectivity index (χ1) is 23.8. The van der Waals surface area contributed by atoms with Gasteiger partial charge in [-0.05, 0) is 76.4 Å². The van der Waals surface area contributed by atoms with E-state index in [2.05, 4.69) is 0 Å². The van der Waals surface area contributed by atoms with Crippen LogP contribution in [0.15, 0.2) is 47.0 Å². The summed E-state index contributed by atoms with van der Waals surface area (Å²) in [6.45, 7) is 7.53. The van der Waals surface area contributed by atoms with Gasteiger partial charge in [-0.2, -0.15) is 0 Å². The number of carbonyl (C=O) groups excluding carboxylic acids is 3. The Hall–Kier alpha value is -6.69. The molecular weight excluding hydrogens is 660 g/mol. The maximum atomic E-state index is 14.6. The van der Waals surface area contributed by atoms with Crippen LogP contribution in [0.1, 0.15) is 68.5 Å². The van der Waals surface area contributed by atoms with Gasteiger partial charge in [0.15, 0.2) is 49.9 Å². The van der Waals surface area contributed by atoms with Crippen LogP contribution in [0.25, 0.3) is 64.6 Å². The zero-order chi connectivity index (χ0) is 37.4. The lowest BCUT2D eigenvalue weighted by molar-refractivity contribution is 0.100. The Morgan fingerprint density at radius 2 is 0.569 bits per heavy atom. The van der Waals surface area contributed by atoms with Gasteiger partial charge >= 0.3 is 0 Å². The van der Waals surface area contributed by atoms with Gasteiger partial charge in [-0.25, -0.2) is 0 Å². The minimum atomic E-state index is -1.26. The fourth-order valence-electron chi connectivity index (χ4n) is 7.85. The molecule has 0 atom stereocenters. The molecule has 0 saturated carbocycles. The van der Waals surface area contributed by atoms with Gasteiger partial charge in [0.25, 0.3) is 0 Å². The first-order valence-electron chi connectivity index (χ1n) is 15.5. The van der Waals surface area contributed by atoms with Crippen LogP contribution in [0.5, 0.6) is 17.2 Å². The van der Waals surface area contributed by atoms with E-state index >= 15 is 0 Å². The molecule has 12 nitrogen and oxygen atoms in total. The monoisotopic (exact) mass is 684 g/mol. The van der Waals surface area contributed by atoms with Gasteiger partial charge in [0.2, 0.25) is 0 Å². The Morgan fingerprint density at radius 3 is 0.765 bits per heavy atom. The van der Waals surface area contributed by atoms with E-state index in [1.807, 2.05) is 0 Å². The van der Waals surface area contributed by atoms with Crippen LogP contribution < -0.4 is 32.6 Å². The second kappa shape index (κ2) is 10.4. The summed E-state index contributed by atoms with van der Waals surface area (Å²) in [5.74, 6) is -4.64. The van der Waals surface area contributed by atoms with Gasteiger partial charge in [-0.1, -0.05) is 0 Å². The molecule has 0 spiro atoms. The highest BCUT2D eigenvalue weighted by Crippen LogP contribution is 2.37. The van der Waals surface area contributed by atoms with Crippen LogP contribution in [0.3, 0.4) is 0 Å². The maximum absolute atomic E-state index is 14.6. The molecule has 7 rings (SSSR count). The second-order valence-corrected chi connectivity index (χ2v) is 12.9. The van der Waals surface area contributed by atoms with Gasteiger partial charge in [-0.15, -0.1) is 0 Å². The van der Waals surface area contributed by atoms with Gasteiger partial charge in [-0.3, -0.25) is 43.2 Å². The standard InChI is InChI=1S/C39H24O12/c1-10-7-16-22(34(46)19(10)13(4)40)37(49)28-25(31(16)43)26-29(38(50)23-17(32(26)44)8-11(2)20(14(5)41)35(23)47)30-27(28)33(45)18-9-12(3)21(15(6)42)36(48)24(18)39(30)51/h7-9,46-48H,1-6H3. The van der Waals surface area contributed by atoms with Crippen molar-refractivity contribution in [2.24, 2.45) is 0 Å². The summed E-state index contributed by atoms with van der Waals surface area (Å²) in [5.41, 5.74) is -7.66. The molecule has 0 aromatic heterocycles. The van der Waals surface area contributed by atoms with E-state index in [0.717, 1.165) is 39.0 Å². The highest BCUT2D eigenvalue weighted by molar-refractivity contribution is 6.31. The fourth-order valence-corrected chi connectivity index (χ4v) is 7.85. The molecule has 0 unspecified atom stereocenters. The zero-order valence-electron chi connectivity index (χ0n) is 27.7. The van der Waals surface area contributed by atoms with Crippen molar-refractivity contribution in [2.75, 3.05) is 0 Å². The van der Waals surface area contributed by atoms with E-state index in [4.69, 9.17) is 0 Å². The number of Topliss-reactive ketones (excluding diaryl/α,β-unsaturated/α-hetero) is 3. The molecule has 3 N–H and O–H groups in total. The summed E-state index contributed by atoms with van der Waals surface area (Å²) in [7, 11) is 0. The fraction of sp³-hybridized carbons (Fsp3) is 0.154. The lowest BCUT2D eigenvalue weighted by Crippen LogP contribution is -2.25. The summed E-state index contributed by atoms with van der Waals surface area (Å²) in [5, 5.41) is 25.5. The van der Waals surface area contributed by atoms with E-state index in [0.29, 0.717) is 0 Å². The van der Waals surface area contributed by atoms with Crippen LogP contribution in [0.4, 0.5) is 0 Å². The summed E-state index contributed by atoms with van der Waals surface area (Å²) < 4.78 is 0. The third-order valence-corrected chi connectivity index (χ3v) is 9.83. The third-order valence-electron chi connectivity index (χ3n) is 9.83. The summed E-state index contributed by atoms with van der Waals surface area (Å²) in [4.78, 5) is 125. The highest BCUT2D eigenvalue weighted by Gasteiger charge is 2.31. The molecule has 7 aromatic carbocycles. The molecule has 0 aliphatic rings. The van der Waals surface area contributed by atoms with Gasteiger partial charge < -0.3 is 15.3 Å². The predicted octanol–water partition coefficient (Wildman–Crippen LogP) is 3.73. The number of ketones is 3.